The lowest BCUT2D eigenvalue weighted by molar-refractivity contribution is 0.0790. The molecule has 3 nitrogen and oxygen atoms in total. The zero-order valence-corrected chi connectivity index (χ0v) is 9.77. The zero-order chi connectivity index (χ0) is 10.8. The van der Waals surface area contributed by atoms with Crippen molar-refractivity contribution in [2.45, 2.75) is 11.2 Å². The minimum atomic E-state index is -0.0879. The van der Waals surface area contributed by atoms with E-state index >= 15 is 0 Å². The van der Waals surface area contributed by atoms with Crippen molar-refractivity contribution in [1.82, 2.24) is 4.90 Å². The fraction of sp³-hybridized carbons (Fsp3) is 0.364. The summed E-state index contributed by atoms with van der Waals surface area (Å²) in [7, 11) is 0. The molecule has 1 fully saturated rings. The molecule has 0 aromatic heterocycles. The van der Waals surface area contributed by atoms with Gasteiger partial charge < -0.3 is 10.0 Å². The molecule has 1 unspecified atom stereocenters. The number of hydrogen-bond acceptors (Lipinski definition) is 2. The molecule has 0 radical (unpaired) electrons. The quantitative estimate of drug-likeness (QED) is 0.793. The zero-order valence-electron chi connectivity index (χ0n) is 8.19. The van der Waals surface area contributed by atoms with Gasteiger partial charge in [-0.15, -0.1) is 0 Å². The number of phenolic OH excluding ortho intramolecular Hbond substituents is 1. The van der Waals surface area contributed by atoms with Gasteiger partial charge in [-0.3, -0.25) is 4.79 Å². The number of hydrogen-bond donors (Lipinski definition) is 1. The molecular formula is C11H12BrNO2. The molecule has 0 bridgehead atoms. The molecule has 0 spiro atoms. The van der Waals surface area contributed by atoms with Gasteiger partial charge >= 0.3 is 0 Å². The SMILES string of the molecule is O=C(c1ccccc1O)N1CCC(Br)C1. The third kappa shape index (κ3) is 2.15. The van der Waals surface area contributed by atoms with Crippen LogP contribution in [0.3, 0.4) is 0 Å². The van der Waals surface area contributed by atoms with Crippen LogP contribution in [-0.2, 0) is 0 Å². The maximum absolute atomic E-state index is 12.0. The molecule has 1 aromatic rings. The molecule has 1 N–H and O–H groups in total. The van der Waals surface area contributed by atoms with E-state index in [2.05, 4.69) is 15.9 Å². The van der Waals surface area contributed by atoms with E-state index in [1.807, 2.05) is 0 Å². The Morgan fingerprint density at radius 1 is 1.47 bits per heavy atom. The summed E-state index contributed by atoms with van der Waals surface area (Å²) in [4.78, 5) is 14.1. The first-order valence-corrected chi connectivity index (χ1v) is 5.81. The van der Waals surface area contributed by atoms with Crippen LogP contribution >= 0.6 is 15.9 Å². The van der Waals surface area contributed by atoms with Crippen LogP contribution in [0, 0.1) is 0 Å². The maximum Gasteiger partial charge on any atom is 0.257 e. The van der Waals surface area contributed by atoms with Gasteiger partial charge in [-0.2, -0.15) is 0 Å². The number of aromatic hydroxyl groups is 1. The van der Waals surface area contributed by atoms with Crippen LogP contribution in [0.4, 0.5) is 0 Å². The molecule has 15 heavy (non-hydrogen) atoms. The molecule has 1 aliphatic rings. The third-order valence-electron chi connectivity index (χ3n) is 2.55. The van der Waals surface area contributed by atoms with Gasteiger partial charge in [0.05, 0.1) is 5.56 Å². The van der Waals surface area contributed by atoms with E-state index in [1.54, 1.807) is 23.1 Å². The molecule has 1 heterocycles. The minimum absolute atomic E-state index is 0.0560. The van der Waals surface area contributed by atoms with E-state index in [0.717, 1.165) is 13.0 Å². The summed E-state index contributed by atoms with van der Waals surface area (Å²) >= 11 is 3.48. The van der Waals surface area contributed by atoms with Crippen molar-refractivity contribution in [1.29, 1.82) is 0 Å². The number of alkyl halides is 1. The molecule has 0 aliphatic carbocycles. The van der Waals surface area contributed by atoms with E-state index in [-0.39, 0.29) is 11.7 Å². The highest BCUT2D eigenvalue weighted by molar-refractivity contribution is 9.09. The molecule has 1 aromatic carbocycles. The van der Waals surface area contributed by atoms with Crippen molar-refractivity contribution in [2.24, 2.45) is 0 Å². The Morgan fingerprint density at radius 2 is 2.20 bits per heavy atom. The molecule has 0 saturated carbocycles. The van der Waals surface area contributed by atoms with Crippen molar-refractivity contribution in [3.05, 3.63) is 29.8 Å². The number of benzene rings is 1. The number of phenols is 1. The number of carbonyl (C=O) groups excluding carboxylic acids is 1. The Balaban J connectivity index is 2.18. The molecule has 1 amide bonds. The lowest BCUT2D eigenvalue weighted by Crippen LogP contribution is -2.28. The summed E-state index contributed by atoms with van der Waals surface area (Å²) in [6.07, 6.45) is 0.972. The average Bonchev–Trinajstić information content (AvgIpc) is 2.65. The number of halogens is 1. The standard InChI is InChI=1S/C11H12BrNO2/c12-8-5-6-13(7-8)11(15)9-3-1-2-4-10(9)14/h1-4,8,14H,5-7H2. The van der Waals surface area contributed by atoms with Crippen LogP contribution < -0.4 is 0 Å². The van der Waals surface area contributed by atoms with Crippen molar-refractivity contribution >= 4 is 21.8 Å². The lowest BCUT2D eigenvalue weighted by atomic mass is 10.2. The van der Waals surface area contributed by atoms with Gasteiger partial charge in [0, 0.05) is 17.9 Å². The Hall–Kier alpha value is -1.03. The largest absolute Gasteiger partial charge is 0.507 e. The minimum Gasteiger partial charge on any atom is -0.507 e. The van der Waals surface area contributed by atoms with Crippen LogP contribution in [0.2, 0.25) is 0 Å². The predicted molar refractivity (Wildman–Crippen MR) is 61.3 cm³/mol. The number of rotatable bonds is 1. The number of carbonyl (C=O) groups is 1. The average molecular weight is 270 g/mol. The number of amides is 1. The van der Waals surface area contributed by atoms with E-state index in [0.29, 0.717) is 16.9 Å². The second-order valence-corrected chi connectivity index (χ2v) is 4.95. The summed E-state index contributed by atoms with van der Waals surface area (Å²) in [6, 6.07) is 6.66. The van der Waals surface area contributed by atoms with Gasteiger partial charge in [-0.25, -0.2) is 0 Å². The van der Waals surface area contributed by atoms with Crippen LogP contribution in [0.15, 0.2) is 24.3 Å². The van der Waals surface area contributed by atoms with Crippen LogP contribution in [0.25, 0.3) is 0 Å². The van der Waals surface area contributed by atoms with Gasteiger partial charge in [0.15, 0.2) is 0 Å². The van der Waals surface area contributed by atoms with Crippen molar-refractivity contribution < 1.29 is 9.90 Å². The maximum atomic E-state index is 12.0. The summed E-state index contributed by atoms with van der Waals surface area (Å²) in [6.45, 7) is 1.47. The van der Waals surface area contributed by atoms with E-state index < -0.39 is 0 Å². The Kier molecular flexibility index (Phi) is 2.95. The smallest absolute Gasteiger partial charge is 0.257 e. The first-order valence-electron chi connectivity index (χ1n) is 4.90. The highest BCUT2D eigenvalue weighted by Crippen LogP contribution is 2.22. The molecule has 4 heteroatoms. The highest BCUT2D eigenvalue weighted by atomic mass is 79.9. The highest BCUT2D eigenvalue weighted by Gasteiger charge is 2.26. The second kappa shape index (κ2) is 4.23. The van der Waals surface area contributed by atoms with Crippen molar-refractivity contribution in [3.63, 3.8) is 0 Å². The van der Waals surface area contributed by atoms with E-state index in [1.165, 1.54) is 6.07 Å². The number of para-hydroxylation sites is 1. The molecule has 1 saturated heterocycles. The summed E-state index contributed by atoms with van der Waals surface area (Å²) in [5.41, 5.74) is 0.388. The summed E-state index contributed by atoms with van der Waals surface area (Å²) in [5, 5.41) is 9.55. The van der Waals surface area contributed by atoms with Crippen molar-refractivity contribution in [3.8, 4) is 5.75 Å². The molecule has 1 aliphatic heterocycles. The molecule has 1 atom stereocenters. The monoisotopic (exact) mass is 269 g/mol. The van der Waals surface area contributed by atoms with Gasteiger partial charge in [0.1, 0.15) is 5.75 Å². The molecule has 80 valence electrons. The fourth-order valence-electron chi connectivity index (χ4n) is 1.73. The first kappa shape index (κ1) is 10.5. The van der Waals surface area contributed by atoms with Crippen LogP contribution in [0.1, 0.15) is 16.8 Å². The van der Waals surface area contributed by atoms with E-state index in [9.17, 15) is 9.90 Å². The van der Waals surface area contributed by atoms with Gasteiger partial charge in [-0.05, 0) is 18.6 Å². The predicted octanol–water partition coefficient (Wildman–Crippen LogP) is 2.00. The topological polar surface area (TPSA) is 40.5 Å². The first-order chi connectivity index (χ1) is 7.18. The van der Waals surface area contributed by atoms with Gasteiger partial charge in [-0.1, -0.05) is 28.1 Å². The molecule has 2 rings (SSSR count). The normalized spacial score (nSPS) is 20.6. The van der Waals surface area contributed by atoms with Crippen LogP contribution in [0.5, 0.6) is 5.75 Å². The van der Waals surface area contributed by atoms with Crippen LogP contribution in [-0.4, -0.2) is 33.8 Å². The summed E-state index contributed by atoms with van der Waals surface area (Å²) < 4.78 is 0. The number of likely N-dealkylation sites (tertiary alicyclic amines) is 1. The van der Waals surface area contributed by atoms with Gasteiger partial charge in [0.2, 0.25) is 0 Å². The van der Waals surface area contributed by atoms with E-state index in [4.69, 9.17) is 0 Å². The third-order valence-corrected chi connectivity index (χ3v) is 3.30. The Bertz CT molecular complexity index is 381. The number of nitrogens with zero attached hydrogens (tertiary/aromatic N) is 1. The second-order valence-electron chi connectivity index (χ2n) is 3.65. The summed E-state index contributed by atoms with van der Waals surface area (Å²) in [5.74, 6) is -0.0319. The fourth-order valence-corrected chi connectivity index (χ4v) is 2.28. The lowest BCUT2D eigenvalue weighted by Gasteiger charge is -2.16. The molecular weight excluding hydrogens is 258 g/mol. The Labute approximate surface area is 96.8 Å². The Morgan fingerprint density at radius 3 is 2.80 bits per heavy atom. The van der Waals surface area contributed by atoms with Crippen molar-refractivity contribution in [2.75, 3.05) is 13.1 Å². The van der Waals surface area contributed by atoms with Gasteiger partial charge in [0.25, 0.3) is 5.91 Å².